The summed E-state index contributed by atoms with van der Waals surface area (Å²) in [5.41, 5.74) is 2.10. The van der Waals surface area contributed by atoms with Crippen molar-refractivity contribution in [2.75, 3.05) is 13.2 Å². The summed E-state index contributed by atoms with van der Waals surface area (Å²) >= 11 is 0. The molecule has 2 rings (SSSR count). The lowest BCUT2D eigenvalue weighted by molar-refractivity contribution is -0.00227. The molecule has 15 heavy (non-hydrogen) atoms. The summed E-state index contributed by atoms with van der Waals surface area (Å²) in [4.78, 5) is 0. The Labute approximate surface area is 89.5 Å². The van der Waals surface area contributed by atoms with E-state index in [4.69, 9.17) is 9.47 Å². The molecule has 1 unspecified atom stereocenters. The third-order valence-corrected chi connectivity index (χ3v) is 2.31. The zero-order valence-electron chi connectivity index (χ0n) is 9.19. The fraction of sp³-hybridized carbons (Fsp3) is 0.545. The Kier molecular flexibility index (Phi) is 2.77. The number of hydrogen-bond donors (Lipinski definition) is 0. The zero-order valence-corrected chi connectivity index (χ0v) is 9.19. The predicted molar refractivity (Wildman–Crippen MR) is 57.0 cm³/mol. The molecule has 1 aliphatic rings. The fourth-order valence-corrected chi connectivity index (χ4v) is 1.56. The molecule has 0 bridgehead atoms. The van der Waals surface area contributed by atoms with Crippen LogP contribution >= 0.6 is 0 Å². The Morgan fingerprint density at radius 3 is 3.33 bits per heavy atom. The maximum atomic E-state index is 5.63. The summed E-state index contributed by atoms with van der Waals surface area (Å²) in [6.07, 6.45) is 1.89. The SMILES string of the molecule is C=C(C)COC1COc2c(C)cnn2C1. The van der Waals surface area contributed by atoms with Gasteiger partial charge in [0, 0.05) is 5.56 Å². The Balaban J connectivity index is 1.97. The molecule has 0 N–H and O–H groups in total. The Hall–Kier alpha value is -1.29. The van der Waals surface area contributed by atoms with Gasteiger partial charge in [-0.3, -0.25) is 0 Å². The molecule has 4 heteroatoms. The van der Waals surface area contributed by atoms with Gasteiger partial charge in [0.05, 0.1) is 19.3 Å². The van der Waals surface area contributed by atoms with Crippen LogP contribution in [0.5, 0.6) is 5.88 Å². The zero-order chi connectivity index (χ0) is 10.8. The second-order valence-corrected chi connectivity index (χ2v) is 4.02. The molecule has 0 spiro atoms. The summed E-state index contributed by atoms with van der Waals surface area (Å²) in [5.74, 6) is 0.866. The first-order valence-electron chi connectivity index (χ1n) is 5.08. The Morgan fingerprint density at radius 1 is 1.80 bits per heavy atom. The minimum absolute atomic E-state index is 0.0773. The van der Waals surface area contributed by atoms with Crippen LogP contribution in [0.25, 0.3) is 0 Å². The normalized spacial score (nSPS) is 19.5. The van der Waals surface area contributed by atoms with Crippen molar-refractivity contribution < 1.29 is 9.47 Å². The predicted octanol–water partition coefficient (Wildman–Crippen LogP) is 1.55. The third kappa shape index (κ3) is 2.21. The van der Waals surface area contributed by atoms with E-state index in [2.05, 4.69) is 11.7 Å². The minimum Gasteiger partial charge on any atom is -0.475 e. The van der Waals surface area contributed by atoms with Crippen molar-refractivity contribution in [1.82, 2.24) is 9.78 Å². The Morgan fingerprint density at radius 2 is 2.60 bits per heavy atom. The standard InChI is InChI=1S/C11H16N2O2/c1-8(2)6-14-10-5-13-11(15-7-10)9(3)4-12-13/h4,10H,1,5-7H2,2-3H3. The van der Waals surface area contributed by atoms with Crippen LogP contribution in [0.3, 0.4) is 0 Å². The number of nitrogens with zero attached hydrogens (tertiary/aromatic N) is 2. The monoisotopic (exact) mass is 208 g/mol. The molecule has 82 valence electrons. The lowest BCUT2D eigenvalue weighted by atomic mass is 10.3. The summed E-state index contributed by atoms with van der Waals surface area (Å²) in [6, 6.07) is 0. The smallest absolute Gasteiger partial charge is 0.214 e. The number of aryl methyl sites for hydroxylation is 1. The van der Waals surface area contributed by atoms with Gasteiger partial charge in [-0.2, -0.15) is 5.10 Å². The molecule has 4 nitrogen and oxygen atoms in total. The van der Waals surface area contributed by atoms with Crippen LogP contribution in [0, 0.1) is 6.92 Å². The van der Waals surface area contributed by atoms with E-state index in [9.17, 15) is 0 Å². The van der Waals surface area contributed by atoms with Gasteiger partial charge >= 0.3 is 0 Å². The van der Waals surface area contributed by atoms with E-state index >= 15 is 0 Å². The van der Waals surface area contributed by atoms with Gasteiger partial charge in [-0.25, -0.2) is 4.68 Å². The molecule has 0 amide bonds. The van der Waals surface area contributed by atoms with Gasteiger partial charge in [-0.1, -0.05) is 12.2 Å². The second kappa shape index (κ2) is 4.06. The Bertz CT molecular complexity index is 371. The topological polar surface area (TPSA) is 36.3 Å². The maximum absolute atomic E-state index is 5.63. The summed E-state index contributed by atoms with van der Waals surface area (Å²) in [6.45, 7) is 9.69. The number of hydrogen-bond acceptors (Lipinski definition) is 3. The third-order valence-electron chi connectivity index (χ3n) is 2.31. The van der Waals surface area contributed by atoms with E-state index in [-0.39, 0.29) is 6.10 Å². The van der Waals surface area contributed by atoms with Gasteiger partial charge < -0.3 is 9.47 Å². The molecule has 0 saturated heterocycles. The van der Waals surface area contributed by atoms with Gasteiger partial charge in [0.2, 0.25) is 5.88 Å². The summed E-state index contributed by atoms with van der Waals surface area (Å²) in [7, 11) is 0. The molecule has 0 aliphatic carbocycles. The van der Waals surface area contributed by atoms with Crippen LogP contribution < -0.4 is 4.74 Å². The van der Waals surface area contributed by atoms with Crippen LogP contribution in [0.2, 0.25) is 0 Å². The lowest BCUT2D eigenvalue weighted by Gasteiger charge is -2.24. The molecule has 0 aromatic carbocycles. The van der Waals surface area contributed by atoms with E-state index in [1.807, 2.05) is 24.7 Å². The van der Waals surface area contributed by atoms with Crippen molar-refractivity contribution in [2.24, 2.45) is 0 Å². The van der Waals surface area contributed by atoms with Crippen molar-refractivity contribution >= 4 is 0 Å². The molecule has 1 atom stereocenters. The highest BCUT2D eigenvalue weighted by Crippen LogP contribution is 2.22. The van der Waals surface area contributed by atoms with Crippen molar-refractivity contribution in [3.05, 3.63) is 23.9 Å². The van der Waals surface area contributed by atoms with Crippen molar-refractivity contribution in [2.45, 2.75) is 26.5 Å². The highest BCUT2D eigenvalue weighted by Gasteiger charge is 2.22. The van der Waals surface area contributed by atoms with Gasteiger partial charge in [0.25, 0.3) is 0 Å². The van der Waals surface area contributed by atoms with Crippen LogP contribution in [-0.2, 0) is 11.3 Å². The summed E-state index contributed by atoms with van der Waals surface area (Å²) < 4.78 is 13.1. The number of fused-ring (bicyclic) bond motifs is 1. The van der Waals surface area contributed by atoms with Gasteiger partial charge in [0.1, 0.15) is 12.7 Å². The molecule has 1 aliphatic heterocycles. The van der Waals surface area contributed by atoms with Crippen molar-refractivity contribution in [3.8, 4) is 5.88 Å². The first kappa shape index (κ1) is 10.2. The van der Waals surface area contributed by atoms with E-state index in [1.165, 1.54) is 0 Å². The van der Waals surface area contributed by atoms with Crippen molar-refractivity contribution in [3.63, 3.8) is 0 Å². The van der Waals surface area contributed by atoms with Crippen LogP contribution in [-0.4, -0.2) is 29.1 Å². The van der Waals surface area contributed by atoms with Crippen molar-refractivity contribution in [1.29, 1.82) is 0 Å². The molecule has 0 saturated carbocycles. The lowest BCUT2D eigenvalue weighted by Crippen LogP contribution is -2.33. The van der Waals surface area contributed by atoms with Crippen LogP contribution in [0.1, 0.15) is 12.5 Å². The molecular formula is C11H16N2O2. The van der Waals surface area contributed by atoms with E-state index < -0.39 is 0 Å². The van der Waals surface area contributed by atoms with Gasteiger partial charge in [-0.05, 0) is 13.8 Å². The highest BCUT2D eigenvalue weighted by molar-refractivity contribution is 5.23. The maximum Gasteiger partial charge on any atom is 0.214 e. The number of rotatable bonds is 3. The largest absolute Gasteiger partial charge is 0.475 e. The molecule has 1 aromatic rings. The van der Waals surface area contributed by atoms with Gasteiger partial charge in [0.15, 0.2) is 0 Å². The van der Waals surface area contributed by atoms with E-state index in [0.29, 0.717) is 13.2 Å². The number of aromatic nitrogens is 2. The molecule has 2 heterocycles. The quantitative estimate of drug-likeness (QED) is 0.707. The van der Waals surface area contributed by atoms with Gasteiger partial charge in [-0.15, -0.1) is 0 Å². The van der Waals surface area contributed by atoms with Crippen LogP contribution in [0.15, 0.2) is 18.3 Å². The molecule has 0 radical (unpaired) electrons. The molecule has 0 fully saturated rings. The highest BCUT2D eigenvalue weighted by atomic mass is 16.5. The average molecular weight is 208 g/mol. The number of ether oxygens (including phenoxy) is 2. The summed E-state index contributed by atoms with van der Waals surface area (Å²) in [5, 5.41) is 4.22. The second-order valence-electron chi connectivity index (χ2n) is 4.02. The van der Waals surface area contributed by atoms with Crippen LogP contribution in [0.4, 0.5) is 0 Å². The van der Waals surface area contributed by atoms with E-state index in [0.717, 1.165) is 23.6 Å². The fourth-order valence-electron chi connectivity index (χ4n) is 1.56. The molecular weight excluding hydrogens is 192 g/mol. The average Bonchev–Trinajstić information content (AvgIpc) is 2.57. The first-order chi connectivity index (χ1) is 7.16. The molecule has 1 aromatic heterocycles. The first-order valence-corrected chi connectivity index (χ1v) is 5.08. The van der Waals surface area contributed by atoms with E-state index in [1.54, 1.807) is 0 Å². The minimum atomic E-state index is 0.0773.